The zero-order valence-corrected chi connectivity index (χ0v) is 22.3. The minimum absolute atomic E-state index is 0.117. The highest BCUT2D eigenvalue weighted by Crippen LogP contribution is 2.27. The Bertz CT molecular complexity index is 1210. The van der Waals surface area contributed by atoms with Gasteiger partial charge in [0.25, 0.3) is 0 Å². The number of fused-ring (bicyclic) bond motifs is 1. The van der Waals surface area contributed by atoms with E-state index in [-0.39, 0.29) is 18.2 Å². The number of hydrogen-bond donors (Lipinski definition) is 0. The number of piperidine rings is 1. The molecule has 2 fully saturated rings. The first kappa shape index (κ1) is 25.9. The van der Waals surface area contributed by atoms with E-state index in [1.54, 1.807) is 6.20 Å². The molecule has 1 aromatic carbocycles. The van der Waals surface area contributed by atoms with Crippen molar-refractivity contribution < 1.29 is 22.7 Å². The van der Waals surface area contributed by atoms with Gasteiger partial charge in [-0.3, -0.25) is 0 Å². The molecule has 1 aromatic heterocycles. The molecule has 3 aliphatic heterocycles. The molecule has 1 amide bonds. The zero-order valence-electron chi connectivity index (χ0n) is 21.5. The van der Waals surface area contributed by atoms with Crippen LogP contribution in [-0.2, 0) is 39.1 Å². The fourth-order valence-corrected chi connectivity index (χ4v) is 5.99. The Morgan fingerprint density at radius 1 is 1.16 bits per heavy atom. The zero-order chi connectivity index (χ0) is 26.0. The summed E-state index contributed by atoms with van der Waals surface area (Å²) in [6.07, 6.45) is 5.28. The lowest BCUT2D eigenvalue weighted by atomic mass is 9.92. The lowest BCUT2D eigenvalue weighted by Crippen LogP contribution is -2.54. The topological polar surface area (TPSA) is 105 Å². The summed E-state index contributed by atoms with van der Waals surface area (Å²) in [5.41, 5.74) is 2.79. The van der Waals surface area contributed by atoms with E-state index >= 15 is 0 Å². The fourth-order valence-electron chi connectivity index (χ4n) is 5.19. The number of benzene rings is 1. The van der Waals surface area contributed by atoms with Crippen molar-refractivity contribution in [3.8, 4) is 0 Å². The summed E-state index contributed by atoms with van der Waals surface area (Å²) < 4.78 is 36.8. The van der Waals surface area contributed by atoms with Crippen LogP contribution in [0.3, 0.4) is 0 Å². The number of hydrogen-bond acceptors (Lipinski definition) is 8. The normalized spacial score (nSPS) is 22.9. The van der Waals surface area contributed by atoms with E-state index in [0.29, 0.717) is 51.1 Å². The molecule has 4 heterocycles. The minimum Gasteiger partial charge on any atom is -0.445 e. The number of carbonyl (C=O) groups excluding carboxylic acids is 1. The number of amides is 1. The lowest BCUT2D eigenvalue weighted by molar-refractivity contribution is -0.0103. The van der Waals surface area contributed by atoms with Crippen LogP contribution in [-0.4, -0.2) is 84.9 Å². The third-order valence-corrected chi connectivity index (χ3v) is 8.73. The predicted molar refractivity (Wildman–Crippen MR) is 138 cm³/mol. The Morgan fingerprint density at radius 3 is 2.68 bits per heavy atom. The van der Waals surface area contributed by atoms with Gasteiger partial charge in [0, 0.05) is 56.9 Å². The van der Waals surface area contributed by atoms with Crippen LogP contribution in [0.2, 0.25) is 0 Å². The van der Waals surface area contributed by atoms with Gasteiger partial charge in [-0.1, -0.05) is 30.3 Å². The Kier molecular flexibility index (Phi) is 7.64. The molecule has 3 aliphatic rings. The number of ether oxygens (including phenoxy) is 2. The molecule has 2 atom stereocenters. The lowest BCUT2D eigenvalue weighted by Gasteiger charge is -2.41. The number of likely N-dealkylation sites (tertiary alicyclic amines) is 1. The second kappa shape index (κ2) is 10.9. The SMILES string of the molecule is CC1CC(COC2CN(c3ncc4c(n3)CCN(S(C)(=O)=O)C4)C2)CCN1C(=O)OCc1ccccc1. The van der Waals surface area contributed by atoms with Crippen molar-refractivity contribution in [2.45, 2.75) is 51.5 Å². The highest BCUT2D eigenvalue weighted by molar-refractivity contribution is 7.88. The molecule has 0 radical (unpaired) electrons. The standard InChI is InChI=1S/C26H35N5O5S/c1-19-12-21(8-11-31(19)26(32)36-17-20-6-4-3-5-7-20)18-35-23-15-29(16-23)25-27-13-22-14-30(37(2,33)34)10-9-24(22)28-25/h3-7,13,19,21,23H,8-12,14-18H2,1-2H3. The van der Waals surface area contributed by atoms with Crippen LogP contribution in [0.15, 0.2) is 36.5 Å². The quantitative estimate of drug-likeness (QED) is 0.539. The van der Waals surface area contributed by atoms with Gasteiger partial charge in [-0.15, -0.1) is 0 Å². The predicted octanol–water partition coefficient (Wildman–Crippen LogP) is 2.44. The summed E-state index contributed by atoms with van der Waals surface area (Å²) in [4.78, 5) is 25.6. The summed E-state index contributed by atoms with van der Waals surface area (Å²) in [6.45, 7) is 6.01. The monoisotopic (exact) mass is 529 g/mol. The van der Waals surface area contributed by atoms with Gasteiger partial charge in [-0.05, 0) is 31.2 Å². The van der Waals surface area contributed by atoms with Crippen LogP contribution in [0, 0.1) is 5.92 Å². The molecular formula is C26H35N5O5S. The Balaban J connectivity index is 1.03. The average Bonchev–Trinajstić information content (AvgIpc) is 2.86. The van der Waals surface area contributed by atoms with Crippen molar-refractivity contribution in [3.05, 3.63) is 53.3 Å². The van der Waals surface area contributed by atoms with Crippen molar-refractivity contribution in [1.82, 2.24) is 19.2 Å². The maximum atomic E-state index is 12.6. The second-order valence-corrected chi connectivity index (χ2v) is 12.3. The number of sulfonamides is 1. The molecule has 2 aromatic rings. The molecule has 37 heavy (non-hydrogen) atoms. The van der Waals surface area contributed by atoms with Crippen LogP contribution in [0.1, 0.15) is 36.6 Å². The van der Waals surface area contributed by atoms with E-state index in [4.69, 9.17) is 14.5 Å². The van der Waals surface area contributed by atoms with Crippen LogP contribution in [0.4, 0.5) is 10.7 Å². The number of carbonyl (C=O) groups is 1. The first-order valence-corrected chi connectivity index (χ1v) is 14.7. The van der Waals surface area contributed by atoms with Crippen LogP contribution in [0.25, 0.3) is 0 Å². The van der Waals surface area contributed by atoms with Crippen molar-refractivity contribution in [2.75, 3.05) is 43.9 Å². The van der Waals surface area contributed by atoms with Gasteiger partial charge >= 0.3 is 6.09 Å². The molecule has 0 saturated carbocycles. The highest BCUT2D eigenvalue weighted by atomic mass is 32.2. The molecule has 2 unspecified atom stereocenters. The number of rotatable bonds is 7. The van der Waals surface area contributed by atoms with Gasteiger partial charge in [0.2, 0.25) is 16.0 Å². The van der Waals surface area contributed by atoms with E-state index in [9.17, 15) is 13.2 Å². The molecule has 11 heteroatoms. The Hall–Kier alpha value is -2.76. The van der Waals surface area contributed by atoms with Gasteiger partial charge in [0.1, 0.15) is 6.61 Å². The largest absolute Gasteiger partial charge is 0.445 e. The minimum atomic E-state index is -3.21. The summed E-state index contributed by atoms with van der Waals surface area (Å²) in [5, 5.41) is 0. The third-order valence-electron chi connectivity index (χ3n) is 7.48. The molecule has 5 rings (SSSR count). The van der Waals surface area contributed by atoms with Crippen LogP contribution >= 0.6 is 0 Å². The highest BCUT2D eigenvalue weighted by Gasteiger charge is 2.34. The van der Waals surface area contributed by atoms with Crippen molar-refractivity contribution in [2.24, 2.45) is 5.92 Å². The third kappa shape index (κ3) is 6.22. The molecule has 2 saturated heterocycles. The van der Waals surface area contributed by atoms with Gasteiger partial charge in [-0.2, -0.15) is 4.31 Å². The molecule has 0 N–H and O–H groups in total. The molecular weight excluding hydrogens is 494 g/mol. The van der Waals surface area contributed by atoms with Crippen molar-refractivity contribution >= 4 is 22.1 Å². The van der Waals surface area contributed by atoms with Gasteiger partial charge in [0.05, 0.1) is 24.7 Å². The van der Waals surface area contributed by atoms with Gasteiger partial charge < -0.3 is 19.3 Å². The smallest absolute Gasteiger partial charge is 0.410 e. The van der Waals surface area contributed by atoms with Crippen molar-refractivity contribution in [3.63, 3.8) is 0 Å². The molecule has 0 aliphatic carbocycles. The first-order chi connectivity index (χ1) is 17.8. The molecule has 0 spiro atoms. The van der Waals surface area contributed by atoms with Crippen molar-refractivity contribution in [1.29, 1.82) is 0 Å². The second-order valence-electron chi connectivity index (χ2n) is 10.3. The van der Waals surface area contributed by atoms with E-state index in [1.165, 1.54) is 10.6 Å². The number of aromatic nitrogens is 2. The number of anilines is 1. The Morgan fingerprint density at radius 2 is 1.95 bits per heavy atom. The summed E-state index contributed by atoms with van der Waals surface area (Å²) in [6, 6.07) is 9.84. The van der Waals surface area contributed by atoms with E-state index in [2.05, 4.69) is 16.8 Å². The van der Waals surface area contributed by atoms with Crippen LogP contribution in [0.5, 0.6) is 0 Å². The van der Waals surface area contributed by atoms with E-state index in [0.717, 1.165) is 42.8 Å². The van der Waals surface area contributed by atoms with E-state index < -0.39 is 10.0 Å². The fraction of sp³-hybridized carbons (Fsp3) is 0.577. The summed E-state index contributed by atoms with van der Waals surface area (Å²) in [7, 11) is -3.21. The average molecular weight is 530 g/mol. The number of nitrogens with zero attached hydrogens (tertiary/aromatic N) is 5. The maximum absolute atomic E-state index is 12.6. The summed E-state index contributed by atoms with van der Waals surface area (Å²) in [5.74, 6) is 1.10. The molecule has 0 bridgehead atoms. The Labute approximate surface area is 218 Å². The molecule has 200 valence electrons. The van der Waals surface area contributed by atoms with Crippen LogP contribution < -0.4 is 4.90 Å². The summed E-state index contributed by atoms with van der Waals surface area (Å²) >= 11 is 0. The van der Waals surface area contributed by atoms with Gasteiger partial charge in [0.15, 0.2) is 0 Å². The van der Waals surface area contributed by atoms with Gasteiger partial charge in [-0.25, -0.2) is 23.2 Å². The first-order valence-electron chi connectivity index (χ1n) is 12.9. The maximum Gasteiger partial charge on any atom is 0.410 e. The van der Waals surface area contributed by atoms with E-state index in [1.807, 2.05) is 35.2 Å². The molecule has 10 nitrogen and oxygen atoms in total.